The normalized spacial score (nSPS) is 13.2. The minimum Gasteiger partial charge on any atom is -0.480 e. The Morgan fingerprint density at radius 1 is 0.939 bits per heavy atom. The highest BCUT2D eigenvalue weighted by Gasteiger charge is 2.29. The first kappa shape index (κ1) is 20.7. The number of ether oxygens (including phenoxy) is 1. The van der Waals surface area contributed by atoms with Crippen LogP contribution in [0.15, 0.2) is 85.1 Å². The number of nitrogens with one attached hydrogen (secondary N) is 1. The Morgan fingerprint density at radius 2 is 1.64 bits per heavy atom. The van der Waals surface area contributed by atoms with Crippen molar-refractivity contribution in [2.45, 2.75) is 18.4 Å². The second-order valence-corrected chi connectivity index (χ2v) is 8.10. The van der Waals surface area contributed by atoms with Crippen LogP contribution in [0.2, 0.25) is 0 Å². The molecule has 1 aromatic heterocycles. The highest BCUT2D eigenvalue weighted by atomic mass is 16.5. The summed E-state index contributed by atoms with van der Waals surface area (Å²) in [5.41, 5.74) is 6.10. The molecular weight excluding hydrogens is 416 g/mol. The number of carbonyl (C=O) groups is 2. The lowest BCUT2D eigenvalue weighted by Gasteiger charge is -2.17. The SMILES string of the molecule is O=C(N[C@@H](Cc1ccc2ncccc2c1)C(=O)O)OCC1c2ccccc2-c2ccccc21. The molecule has 6 heteroatoms. The van der Waals surface area contributed by atoms with Gasteiger partial charge >= 0.3 is 12.1 Å². The van der Waals surface area contributed by atoms with Gasteiger partial charge in [0.05, 0.1) is 5.52 Å². The lowest BCUT2D eigenvalue weighted by molar-refractivity contribution is -0.139. The van der Waals surface area contributed by atoms with Gasteiger partial charge in [-0.2, -0.15) is 0 Å². The number of pyridine rings is 1. The van der Waals surface area contributed by atoms with Gasteiger partial charge in [-0.25, -0.2) is 9.59 Å². The van der Waals surface area contributed by atoms with Crippen molar-refractivity contribution in [1.29, 1.82) is 0 Å². The van der Waals surface area contributed by atoms with Crippen molar-refractivity contribution in [2.24, 2.45) is 0 Å². The largest absolute Gasteiger partial charge is 0.480 e. The Morgan fingerprint density at radius 3 is 2.33 bits per heavy atom. The van der Waals surface area contributed by atoms with E-state index in [1.807, 2.05) is 66.7 Å². The Balaban J connectivity index is 1.27. The van der Waals surface area contributed by atoms with E-state index in [0.29, 0.717) is 0 Å². The first-order chi connectivity index (χ1) is 16.1. The summed E-state index contributed by atoms with van der Waals surface area (Å²) in [6.45, 7) is 0.133. The van der Waals surface area contributed by atoms with Gasteiger partial charge in [-0.05, 0) is 46.0 Å². The summed E-state index contributed by atoms with van der Waals surface area (Å²) in [7, 11) is 0. The van der Waals surface area contributed by atoms with Crippen molar-refractivity contribution in [3.63, 3.8) is 0 Å². The standard InChI is InChI=1S/C27H22N2O4/c30-26(31)25(15-17-11-12-24-18(14-17)6-5-13-28-24)29-27(32)33-16-23-21-9-3-1-7-19(21)20-8-2-4-10-22(20)23/h1-14,23,25H,15-16H2,(H,29,32)(H,30,31)/t25-/m0/s1. The summed E-state index contributed by atoms with van der Waals surface area (Å²) in [5.74, 6) is -1.20. The van der Waals surface area contributed by atoms with E-state index in [4.69, 9.17) is 4.74 Å². The maximum Gasteiger partial charge on any atom is 0.407 e. The molecule has 0 aliphatic heterocycles. The Labute approximate surface area is 190 Å². The maximum atomic E-state index is 12.5. The number of aromatic nitrogens is 1. The molecule has 4 aromatic rings. The van der Waals surface area contributed by atoms with E-state index in [1.54, 1.807) is 6.20 Å². The number of hydrogen-bond donors (Lipinski definition) is 2. The van der Waals surface area contributed by atoms with Gasteiger partial charge in [0.2, 0.25) is 0 Å². The predicted molar refractivity (Wildman–Crippen MR) is 125 cm³/mol. The zero-order valence-electron chi connectivity index (χ0n) is 17.8. The molecule has 0 fully saturated rings. The predicted octanol–water partition coefficient (Wildman–Crippen LogP) is 4.77. The van der Waals surface area contributed by atoms with Gasteiger partial charge < -0.3 is 15.2 Å². The second-order valence-electron chi connectivity index (χ2n) is 8.10. The van der Waals surface area contributed by atoms with Gasteiger partial charge in [-0.15, -0.1) is 0 Å². The minimum atomic E-state index is -1.12. The van der Waals surface area contributed by atoms with Crippen LogP contribution < -0.4 is 5.32 Å². The number of aliphatic carboxylic acids is 1. The summed E-state index contributed by atoms with van der Waals surface area (Å²) in [6, 6.07) is 24.3. The van der Waals surface area contributed by atoms with Crippen LogP contribution in [0.25, 0.3) is 22.0 Å². The van der Waals surface area contributed by atoms with Gasteiger partial charge in [0.1, 0.15) is 12.6 Å². The van der Waals surface area contributed by atoms with E-state index in [1.165, 1.54) is 0 Å². The van der Waals surface area contributed by atoms with Crippen LogP contribution in [0.3, 0.4) is 0 Å². The molecular formula is C27H22N2O4. The van der Waals surface area contributed by atoms with E-state index in [0.717, 1.165) is 38.7 Å². The molecule has 1 aliphatic rings. The smallest absolute Gasteiger partial charge is 0.407 e. The third kappa shape index (κ3) is 4.15. The molecule has 33 heavy (non-hydrogen) atoms. The first-order valence-corrected chi connectivity index (χ1v) is 10.8. The number of fused-ring (bicyclic) bond motifs is 4. The molecule has 6 nitrogen and oxygen atoms in total. The molecule has 0 saturated heterocycles. The van der Waals surface area contributed by atoms with Crippen LogP contribution >= 0.6 is 0 Å². The third-order valence-electron chi connectivity index (χ3n) is 6.04. The lowest BCUT2D eigenvalue weighted by Crippen LogP contribution is -2.42. The molecule has 164 valence electrons. The summed E-state index contributed by atoms with van der Waals surface area (Å²) in [4.78, 5) is 28.6. The molecule has 5 rings (SSSR count). The Kier molecular flexibility index (Phi) is 5.48. The number of hydrogen-bond acceptors (Lipinski definition) is 4. The van der Waals surface area contributed by atoms with Crippen LogP contribution in [0.1, 0.15) is 22.6 Å². The molecule has 2 N–H and O–H groups in total. The van der Waals surface area contributed by atoms with Gasteiger partial charge in [0.15, 0.2) is 0 Å². The van der Waals surface area contributed by atoms with Gasteiger partial charge in [-0.1, -0.05) is 60.7 Å². The van der Waals surface area contributed by atoms with Gasteiger partial charge in [-0.3, -0.25) is 4.98 Å². The first-order valence-electron chi connectivity index (χ1n) is 10.8. The quantitative estimate of drug-likeness (QED) is 0.453. The van der Waals surface area contributed by atoms with E-state index in [-0.39, 0.29) is 18.9 Å². The average Bonchev–Trinajstić information content (AvgIpc) is 3.16. The fourth-order valence-electron chi connectivity index (χ4n) is 4.47. The van der Waals surface area contributed by atoms with Crippen LogP contribution in [0.5, 0.6) is 0 Å². The zero-order chi connectivity index (χ0) is 22.8. The van der Waals surface area contributed by atoms with Crippen molar-refractivity contribution in [3.05, 3.63) is 102 Å². The molecule has 0 bridgehead atoms. The fourth-order valence-corrected chi connectivity index (χ4v) is 4.47. The summed E-state index contributed by atoms with van der Waals surface area (Å²) in [5, 5.41) is 13.1. The molecule has 1 aliphatic carbocycles. The number of alkyl carbamates (subject to hydrolysis) is 1. The minimum absolute atomic E-state index is 0.0839. The van der Waals surface area contributed by atoms with E-state index in [9.17, 15) is 14.7 Å². The second kappa shape index (κ2) is 8.74. The van der Waals surface area contributed by atoms with Crippen LogP contribution in [0, 0.1) is 0 Å². The number of benzene rings is 3. The van der Waals surface area contributed by atoms with E-state index in [2.05, 4.69) is 22.4 Å². The Hall–Kier alpha value is -4.19. The highest BCUT2D eigenvalue weighted by molar-refractivity contribution is 5.82. The van der Waals surface area contributed by atoms with Crippen molar-refractivity contribution in [1.82, 2.24) is 10.3 Å². The summed E-state index contributed by atoms with van der Waals surface area (Å²) in [6.07, 6.45) is 1.11. The summed E-state index contributed by atoms with van der Waals surface area (Å²) < 4.78 is 5.50. The number of rotatable bonds is 6. The maximum absolute atomic E-state index is 12.5. The molecule has 0 saturated carbocycles. The molecule has 3 aromatic carbocycles. The number of nitrogens with zero attached hydrogens (tertiary/aromatic N) is 1. The van der Waals surface area contributed by atoms with Crippen molar-refractivity contribution < 1.29 is 19.4 Å². The van der Waals surface area contributed by atoms with Crippen molar-refractivity contribution in [3.8, 4) is 11.1 Å². The molecule has 1 amide bonds. The molecule has 0 radical (unpaired) electrons. The van der Waals surface area contributed by atoms with Crippen LogP contribution in [0.4, 0.5) is 4.79 Å². The van der Waals surface area contributed by atoms with Crippen molar-refractivity contribution >= 4 is 23.0 Å². The van der Waals surface area contributed by atoms with Crippen molar-refractivity contribution in [2.75, 3.05) is 6.61 Å². The van der Waals surface area contributed by atoms with E-state index < -0.39 is 18.1 Å². The fraction of sp³-hybridized carbons (Fsp3) is 0.148. The molecule has 1 heterocycles. The highest BCUT2D eigenvalue weighted by Crippen LogP contribution is 2.44. The van der Waals surface area contributed by atoms with E-state index >= 15 is 0 Å². The topological polar surface area (TPSA) is 88.5 Å². The Bertz CT molecular complexity index is 1310. The number of amides is 1. The zero-order valence-corrected chi connectivity index (χ0v) is 17.8. The van der Waals surface area contributed by atoms with Gasteiger partial charge in [0.25, 0.3) is 0 Å². The number of carboxylic acids is 1. The van der Waals surface area contributed by atoms with Gasteiger partial charge in [0, 0.05) is 23.9 Å². The number of carbonyl (C=O) groups excluding carboxylic acids is 1. The summed E-state index contributed by atoms with van der Waals surface area (Å²) >= 11 is 0. The lowest BCUT2D eigenvalue weighted by atomic mass is 9.98. The average molecular weight is 438 g/mol. The molecule has 1 atom stereocenters. The number of carboxylic acid groups (broad SMARTS) is 1. The molecule has 0 unspecified atom stereocenters. The van der Waals surface area contributed by atoms with Crippen LogP contribution in [-0.4, -0.2) is 34.8 Å². The molecule has 0 spiro atoms. The third-order valence-corrected chi connectivity index (χ3v) is 6.04. The van der Waals surface area contributed by atoms with Crippen LogP contribution in [-0.2, 0) is 16.0 Å². The monoisotopic (exact) mass is 438 g/mol.